The van der Waals surface area contributed by atoms with Crippen molar-refractivity contribution in [1.82, 2.24) is 0 Å². The zero-order chi connectivity index (χ0) is 17.4. The van der Waals surface area contributed by atoms with E-state index in [1.165, 1.54) is 11.1 Å². The van der Waals surface area contributed by atoms with Gasteiger partial charge in [0.1, 0.15) is 5.75 Å². The topological polar surface area (TPSA) is 46.5 Å². The fourth-order valence-electron chi connectivity index (χ4n) is 3.58. The molecule has 1 aliphatic carbocycles. The molecule has 0 bridgehead atoms. The molecule has 0 aromatic heterocycles. The van der Waals surface area contributed by atoms with Crippen molar-refractivity contribution in [3.8, 4) is 16.9 Å². The van der Waals surface area contributed by atoms with Crippen LogP contribution < -0.4 is 4.74 Å². The minimum absolute atomic E-state index is 0.555. The molecule has 124 valence electrons. The average Bonchev–Trinajstić information content (AvgIpc) is 3.01. The van der Waals surface area contributed by atoms with Gasteiger partial charge in [-0.15, -0.1) is 0 Å². The number of carboxylic acids is 1. The molecule has 0 fully saturated rings. The molecule has 4 rings (SSSR count). The van der Waals surface area contributed by atoms with Gasteiger partial charge in [-0.05, 0) is 53.3 Å². The predicted molar refractivity (Wildman–Crippen MR) is 96.9 cm³/mol. The summed E-state index contributed by atoms with van der Waals surface area (Å²) in [7, 11) is 0. The fourth-order valence-corrected chi connectivity index (χ4v) is 3.58. The van der Waals surface area contributed by atoms with Gasteiger partial charge >= 0.3 is 5.97 Å². The Balaban J connectivity index is 1.81. The summed E-state index contributed by atoms with van der Waals surface area (Å²) >= 11 is 0. The first-order valence-electron chi connectivity index (χ1n) is 8.30. The van der Waals surface area contributed by atoms with Crippen LogP contribution in [0.4, 0.5) is 0 Å². The van der Waals surface area contributed by atoms with E-state index in [9.17, 15) is 9.90 Å². The second-order valence-electron chi connectivity index (χ2n) is 6.31. The predicted octanol–water partition coefficient (Wildman–Crippen LogP) is 4.77. The lowest BCUT2D eigenvalue weighted by molar-refractivity contribution is -0.145. The molecule has 0 spiro atoms. The van der Waals surface area contributed by atoms with E-state index >= 15 is 0 Å². The molecule has 3 heteroatoms. The summed E-state index contributed by atoms with van der Waals surface area (Å²) in [5.74, 6) is -0.425. The normalized spacial score (nSPS) is 13.0. The number of fused-ring (bicyclic) bond motifs is 3. The molecule has 0 amide bonds. The molecule has 25 heavy (non-hydrogen) atoms. The van der Waals surface area contributed by atoms with Crippen LogP contribution in [0.2, 0.25) is 0 Å². The number of ether oxygens (including phenoxy) is 1. The van der Waals surface area contributed by atoms with Crippen LogP contribution in [0.25, 0.3) is 11.1 Å². The number of para-hydroxylation sites is 1. The molecule has 1 atom stereocenters. The summed E-state index contributed by atoms with van der Waals surface area (Å²) in [5, 5.41) is 9.78. The Hall–Kier alpha value is -3.07. The van der Waals surface area contributed by atoms with Crippen molar-refractivity contribution in [2.75, 3.05) is 0 Å². The number of carbonyl (C=O) groups is 1. The summed E-state index contributed by atoms with van der Waals surface area (Å²) in [6, 6.07) is 21.2. The number of hydrogen-bond acceptors (Lipinski definition) is 2. The fraction of sp³-hybridized carbons (Fsp3) is 0.136. The molecule has 1 unspecified atom stereocenters. The zero-order valence-corrected chi connectivity index (χ0v) is 13.9. The molecular formula is C22H18O3. The number of rotatable bonds is 4. The minimum atomic E-state index is -1.02. The Kier molecular flexibility index (Phi) is 3.77. The van der Waals surface area contributed by atoms with E-state index in [4.69, 9.17) is 4.74 Å². The van der Waals surface area contributed by atoms with Gasteiger partial charge in [-0.1, -0.05) is 54.6 Å². The van der Waals surface area contributed by atoms with Crippen molar-refractivity contribution in [1.29, 1.82) is 0 Å². The van der Waals surface area contributed by atoms with E-state index in [1.54, 1.807) is 12.1 Å². The molecule has 1 N–H and O–H groups in total. The molecule has 3 aromatic rings. The average molecular weight is 330 g/mol. The number of hydrogen-bond donors (Lipinski definition) is 1. The maximum Gasteiger partial charge on any atom is 0.349 e. The number of carboxylic acid groups (broad SMARTS) is 1. The summed E-state index contributed by atoms with van der Waals surface area (Å²) in [5.41, 5.74) is 6.53. The molecule has 1 aliphatic rings. The molecule has 3 aromatic carbocycles. The van der Waals surface area contributed by atoms with Crippen LogP contribution in [0.5, 0.6) is 5.75 Å². The molecule has 0 saturated carbocycles. The van der Waals surface area contributed by atoms with Gasteiger partial charge < -0.3 is 9.84 Å². The van der Waals surface area contributed by atoms with E-state index in [-0.39, 0.29) is 0 Å². The van der Waals surface area contributed by atoms with Crippen LogP contribution in [-0.2, 0) is 11.2 Å². The Bertz CT molecular complexity index is 945. The largest absolute Gasteiger partial charge is 0.478 e. The highest BCUT2D eigenvalue weighted by molar-refractivity contribution is 5.84. The maximum absolute atomic E-state index is 11.9. The van der Waals surface area contributed by atoms with E-state index in [1.807, 2.05) is 42.5 Å². The SMILES string of the molecule is Cc1ccc(C(Oc2ccccc2)C(=O)O)c2c1-c1ccccc1C2. The van der Waals surface area contributed by atoms with Crippen LogP contribution in [0.1, 0.15) is 28.4 Å². The Morgan fingerprint density at radius 2 is 1.72 bits per heavy atom. The van der Waals surface area contributed by atoms with Crippen molar-refractivity contribution in [2.45, 2.75) is 19.4 Å². The first-order valence-corrected chi connectivity index (χ1v) is 8.30. The first kappa shape index (κ1) is 15.5. The highest BCUT2D eigenvalue weighted by Crippen LogP contribution is 2.42. The van der Waals surface area contributed by atoms with Gasteiger partial charge in [-0.3, -0.25) is 0 Å². The van der Waals surface area contributed by atoms with Gasteiger partial charge in [-0.25, -0.2) is 4.79 Å². The van der Waals surface area contributed by atoms with Crippen molar-refractivity contribution < 1.29 is 14.6 Å². The summed E-state index contributed by atoms with van der Waals surface area (Å²) in [6.45, 7) is 2.07. The van der Waals surface area contributed by atoms with Crippen molar-refractivity contribution in [3.63, 3.8) is 0 Å². The molecule has 3 nitrogen and oxygen atoms in total. The summed E-state index contributed by atoms with van der Waals surface area (Å²) in [6.07, 6.45) is -0.282. The van der Waals surface area contributed by atoms with Gasteiger partial charge in [0.25, 0.3) is 0 Å². The Morgan fingerprint density at radius 3 is 2.48 bits per heavy atom. The number of aryl methyl sites for hydroxylation is 1. The number of benzene rings is 3. The third kappa shape index (κ3) is 2.68. The zero-order valence-electron chi connectivity index (χ0n) is 13.9. The maximum atomic E-state index is 11.9. The lowest BCUT2D eigenvalue weighted by Gasteiger charge is -2.19. The van der Waals surface area contributed by atoms with Crippen molar-refractivity contribution in [3.05, 3.63) is 89.0 Å². The first-order chi connectivity index (χ1) is 12.1. The minimum Gasteiger partial charge on any atom is -0.478 e. The van der Waals surface area contributed by atoms with Crippen LogP contribution in [0.15, 0.2) is 66.7 Å². The molecule has 0 heterocycles. The van der Waals surface area contributed by atoms with Crippen LogP contribution in [-0.4, -0.2) is 11.1 Å². The standard InChI is InChI=1S/C22H18O3/c1-14-11-12-18(19-13-15-7-5-6-10-17(15)20(14)19)21(22(23)24)25-16-8-3-2-4-9-16/h2-12,21H,13H2,1H3,(H,23,24). The van der Waals surface area contributed by atoms with Crippen molar-refractivity contribution in [2.24, 2.45) is 0 Å². The van der Waals surface area contributed by atoms with E-state index in [0.717, 1.165) is 28.7 Å². The van der Waals surface area contributed by atoms with Gasteiger partial charge in [0, 0.05) is 5.56 Å². The van der Waals surface area contributed by atoms with Gasteiger partial charge in [0.05, 0.1) is 0 Å². The van der Waals surface area contributed by atoms with E-state index in [2.05, 4.69) is 19.1 Å². The second kappa shape index (κ2) is 6.10. The molecule has 0 radical (unpaired) electrons. The summed E-state index contributed by atoms with van der Waals surface area (Å²) in [4.78, 5) is 11.9. The van der Waals surface area contributed by atoms with E-state index in [0.29, 0.717) is 5.75 Å². The van der Waals surface area contributed by atoms with Crippen LogP contribution >= 0.6 is 0 Å². The number of aliphatic carboxylic acids is 1. The van der Waals surface area contributed by atoms with Gasteiger partial charge in [-0.2, -0.15) is 0 Å². The molecule has 0 aliphatic heterocycles. The third-order valence-electron chi connectivity index (χ3n) is 4.72. The van der Waals surface area contributed by atoms with Crippen LogP contribution in [0, 0.1) is 6.92 Å². The second-order valence-corrected chi connectivity index (χ2v) is 6.31. The van der Waals surface area contributed by atoms with Crippen molar-refractivity contribution >= 4 is 5.97 Å². The molecular weight excluding hydrogens is 312 g/mol. The monoisotopic (exact) mass is 330 g/mol. The third-order valence-corrected chi connectivity index (χ3v) is 4.72. The highest BCUT2D eigenvalue weighted by atomic mass is 16.5. The lowest BCUT2D eigenvalue weighted by Crippen LogP contribution is -2.20. The highest BCUT2D eigenvalue weighted by Gasteiger charge is 2.30. The molecule has 0 saturated heterocycles. The van der Waals surface area contributed by atoms with Gasteiger partial charge in [0.2, 0.25) is 6.10 Å². The summed E-state index contributed by atoms with van der Waals surface area (Å²) < 4.78 is 5.83. The van der Waals surface area contributed by atoms with E-state index < -0.39 is 12.1 Å². The Morgan fingerprint density at radius 1 is 1.00 bits per heavy atom. The Labute approximate surface area is 146 Å². The van der Waals surface area contributed by atoms with Crippen LogP contribution in [0.3, 0.4) is 0 Å². The quantitative estimate of drug-likeness (QED) is 0.586. The lowest BCUT2D eigenvalue weighted by atomic mass is 9.93. The smallest absolute Gasteiger partial charge is 0.349 e. The van der Waals surface area contributed by atoms with Gasteiger partial charge in [0.15, 0.2) is 0 Å².